The number of nitrogens with zero attached hydrogens (tertiary/aromatic N) is 4. The fourth-order valence-electron chi connectivity index (χ4n) is 3.87. The lowest BCUT2D eigenvalue weighted by atomic mass is 10.1. The van der Waals surface area contributed by atoms with Crippen molar-refractivity contribution in [2.75, 3.05) is 28.7 Å². The number of hydrogen-bond acceptors (Lipinski definition) is 7. The third kappa shape index (κ3) is 2.88. The smallest absolute Gasteiger partial charge is 0.260 e. The topological polar surface area (TPSA) is 122 Å². The van der Waals surface area contributed by atoms with Gasteiger partial charge in [-0.1, -0.05) is 18.2 Å². The number of carbonyl (C=O) groups is 1. The Morgan fingerprint density at radius 2 is 1.97 bits per heavy atom. The van der Waals surface area contributed by atoms with Crippen molar-refractivity contribution < 1.29 is 13.2 Å². The molecule has 3 heterocycles. The quantitative estimate of drug-likeness (QED) is 0.663. The van der Waals surface area contributed by atoms with Crippen molar-refractivity contribution >= 4 is 44.8 Å². The van der Waals surface area contributed by atoms with Crippen LogP contribution in [0.25, 0.3) is 0 Å². The third-order valence-corrected chi connectivity index (χ3v) is 6.23. The molecule has 0 atom stereocenters. The molecule has 0 aliphatic carbocycles. The molecule has 3 aromatic rings. The number of primary sulfonamides is 1. The summed E-state index contributed by atoms with van der Waals surface area (Å²) in [5.41, 5.74) is 3.72. The predicted molar refractivity (Wildman–Crippen MR) is 113 cm³/mol. The molecular weight excluding hydrogens is 404 g/mol. The van der Waals surface area contributed by atoms with E-state index in [1.54, 1.807) is 30.3 Å². The average molecular weight is 422 g/mol. The molecule has 1 aromatic heterocycles. The van der Waals surface area contributed by atoms with Crippen LogP contribution >= 0.6 is 0 Å². The average Bonchev–Trinajstić information content (AvgIpc) is 3.13. The predicted octanol–water partition coefficient (Wildman–Crippen LogP) is 2.15. The number of nitrogens with one attached hydrogen (secondary N) is 1. The minimum atomic E-state index is -3.82. The number of aromatic nitrogens is 2. The number of fused-ring (bicyclic) bond motifs is 2. The van der Waals surface area contributed by atoms with Crippen LogP contribution in [0.15, 0.2) is 53.6 Å². The molecule has 10 heteroatoms. The number of para-hydroxylation sites is 1. The number of nitrogens with two attached hydrogens (primary N) is 1. The van der Waals surface area contributed by atoms with Gasteiger partial charge in [0.25, 0.3) is 5.91 Å². The number of anilines is 5. The second-order valence-corrected chi connectivity index (χ2v) is 8.74. The van der Waals surface area contributed by atoms with Gasteiger partial charge in [0, 0.05) is 19.3 Å². The second kappa shape index (κ2) is 6.51. The van der Waals surface area contributed by atoms with E-state index < -0.39 is 10.0 Å². The second-order valence-electron chi connectivity index (χ2n) is 7.18. The molecule has 0 bridgehead atoms. The first-order valence-corrected chi connectivity index (χ1v) is 10.8. The number of rotatable bonds is 3. The summed E-state index contributed by atoms with van der Waals surface area (Å²) in [6.07, 6.45) is 2.42. The summed E-state index contributed by atoms with van der Waals surface area (Å²) >= 11 is 0. The molecule has 30 heavy (non-hydrogen) atoms. The summed E-state index contributed by atoms with van der Waals surface area (Å²) in [7, 11) is -2.12. The highest BCUT2D eigenvalue weighted by Crippen LogP contribution is 2.44. The van der Waals surface area contributed by atoms with E-state index in [4.69, 9.17) is 5.14 Å². The molecule has 1 amide bonds. The van der Waals surface area contributed by atoms with E-state index in [9.17, 15) is 13.2 Å². The van der Waals surface area contributed by atoms with E-state index in [2.05, 4.69) is 15.3 Å². The van der Waals surface area contributed by atoms with Crippen LogP contribution < -0.4 is 20.3 Å². The lowest BCUT2D eigenvalue weighted by molar-refractivity contribution is 0.0994. The van der Waals surface area contributed by atoms with Gasteiger partial charge in [-0.05, 0) is 36.2 Å². The zero-order chi connectivity index (χ0) is 21.0. The van der Waals surface area contributed by atoms with Gasteiger partial charge < -0.3 is 15.1 Å². The van der Waals surface area contributed by atoms with Gasteiger partial charge in [0.05, 0.1) is 22.3 Å². The Labute approximate surface area is 173 Å². The first-order chi connectivity index (χ1) is 14.3. The van der Waals surface area contributed by atoms with Crippen LogP contribution in [0.2, 0.25) is 0 Å². The Bertz CT molecular complexity index is 1310. The molecular formula is C20H18N6O3S. The highest BCUT2D eigenvalue weighted by molar-refractivity contribution is 7.89. The van der Waals surface area contributed by atoms with Gasteiger partial charge in [0.1, 0.15) is 5.69 Å². The van der Waals surface area contributed by atoms with Gasteiger partial charge >= 0.3 is 0 Å². The van der Waals surface area contributed by atoms with E-state index in [-0.39, 0.29) is 16.8 Å². The monoisotopic (exact) mass is 422 g/mol. The van der Waals surface area contributed by atoms with Crippen molar-refractivity contribution in [1.82, 2.24) is 9.97 Å². The van der Waals surface area contributed by atoms with Crippen LogP contribution in [-0.4, -0.2) is 37.9 Å². The summed E-state index contributed by atoms with van der Waals surface area (Å²) < 4.78 is 23.2. The molecule has 9 nitrogen and oxygen atoms in total. The highest BCUT2D eigenvalue weighted by Gasteiger charge is 2.35. The van der Waals surface area contributed by atoms with E-state index in [0.29, 0.717) is 29.3 Å². The fourth-order valence-corrected chi connectivity index (χ4v) is 4.43. The molecule has 2 aliphatic heterocycles. The van der Waals surface area contributed by atoms with Crippen LogP contribution in [0.3, 0.4) is 0 Å². The summed E-state index contributed by atoms with van der Waals surface area (Å²) in [5.74, 6) is 0.798. The van der Waals surface area contributed by atoms with Crippen LogP contribution in [-0.2, 0) is 16.4 Å². The zero-order valence-electron chi connectivity index (χ0n) is 16.0. The Kier molecular flexibility index (Phi) is 4.02. The maximum atomic E-state index is 13.0. The standard InChI is InChI=1S/C20H18N6O3S/c1-25-16-11-22-20(23-13-5-3-6-14(10-13)30(21,28)29)24-18(16)26-9-8-12-4-2-7-15(17(12)26)19(25)27/h2-7,10-11H,8-9H2,1H3,(H2,21,28,29)(H,22,23,24). The number of benzene rings is 2. The lowest BCUT2D eigenvalue weighted by Gasteiger charge is -2.21. The summed E-state index contributed by atoms with van der Waals surface area (Å²) in [4.78, 5) is 25.6. The number of carbonyl (C=O) groups excluding carboxylic acids is 1. The molecule has 0 spiro atoms. The first kappa shape index (κ1) is 18.5. The van der Waals surface area contributed by atoms with E-state index >= 15 is 0 Å². The molecule has 5 rings (SSSR count). The van der Waals surface area contributed by atoms with Gasteiger partial charge in [-0.2, -0.15) is 4.98 Å². The highest BCUT2D eigenvalue weighted by atomic mass is 32.2. The maximum absolute atomic E-state index is 13.0. The Hall–Kier alpha value is -3.50. The molecule has 152 valence electrons. The molecule has 0 fully saturated rings. The van der Waals surface area contributed by atoms with Gasteiger partial charge in [-0.15, -0.1) is 0 Å². The molecule has 2 aromatic carbocycles. The molecule has 0 unspecified atom stereocenters. The van der Waals surface area contributed by atoms with Crippen LogP contribution in [0.1, 0.15) is 15.9 Å². The van der Waals surface area contributed by atoms with Crippen molar-refractivity contribution in [2.24, 2.45) is 5.14 Å². The van der Waals surface area contributed by atoms with E-state index in [0.717, 1.165) is 17.7 Å². The summed E-state index contributed by atoms with van der Waals surface area (Å²) in [5, 5.41) is 8.24. The largest absolute Gasteiger partial charge is 0.324 e. The SMILES string of the molecule is CN1C(=O)c2cccc3c2N(CC3)c2nc(Nc3cccc(S(N)(=O)=O)c3)ncc21. The molecule has 0 saturated carbocycles. The van der Waals surface area contributed by atoms with Gasteiger partial charge in [0.15, 0.2) is 5.82 Å². The zero-order valence-corrected chi connectivity index (χ0v) is 16.8. The van der Waals surface area contributed by atoms with Crippen molar-refractivity contribution in [1.29, 1.82) is 0 Å². The number of sulfonamides is 1. The normalized spacial score (nSPS) is 14.9. The minimum absolute atomic E-state index is 0.00861. The van der Waals surface area contributed by atoms with E-state index in [1.165, 1.54) is 12.1 Å². The Morgan fingerprint density at radius 3 is 2.77 bits per heavy atom. The van der Waals surface area contributed by atoms with Gasteiger partial charge in [0.2, 0.25) is 16.0 Å². The lowest BCUT2D eigenvalue weighted by Crippen LogP contribution is -2.26. The summed E-state index contributed by atoms with van der Waals surface area (Å²) in [6.45, 7) is 0.706. The first-order valence-electron chi connectivity index (χ1n) is 9.27. The van der Waals surface area contributed by atoms with E-state index in [1.807, 2.05) is 23.1 Å². The Morgan fingerprint density at radius 1 is 1.17 bits per heavy atom. The minimum Gasteiger partial charge on any atom is -0.324 e. The van der Waals surface area contributed by atoms with Gasteiger partial charge in [-0.25, -0.2) is 18.5 Å². The molecule has 0 radical (unpaired) electrons. The molecule has 0 saturated heterocycles. The van der Waals surface area contributed by atoms with Crippen molar-refractivity contribution in [3.8, 4) is 0 Å². The third-order valence-electron chi connectivity index (χ3n) is 5.32. The molecule has 2 aliphatic rings. The van der Waals surface area contributed by atoms with Crippen molar-refractivity contribution in [3.05, 3.63) is 59.8 Å². The number of amides is 1. The van der Waals surface area contributed by atoms with Gasteiger partial charge in [-0.3, -0.25) is 4.79 Å². The fraction of sp³-hybridized carbons (Fsp3) is 0.150. The maximum Gasteiger partial charge on any atom is 0.260 e. The van der Waals surface area contributed by atoms with Crippen molar-refractivity contribution in [2.45, 2.75) is 11.3 Å². The van der Waals surface area contributed by atoms with Crippen LogP contribution in [0.4, 0.5) is 28.8 Å². The molecule has 3 N–H and O–H groups in total. The number of hydrogen-bond donors (Lipinski definition) is 2. The Balaban J connectivity index is 1.58. The summed E-state index contributed by atoms with van der Waals surface area (Å²) in [6, 6.07) is 11.9. The van der Waals surface area contributed by atoms with Crippen molar-refractivity contribution in [3.63, 3.8) is 0 Å². The van der Waals surface area contributed by atoms with Crippen LogP contribution in [0.5, 0.6) is 0 Å². The van der Waals surface area contributed by atoms with Crippen LogP contribution in [0, 0.1) is 0 Å².